The van der Waals surface area contributed by atoms with E-state index in [9.17, 15) is 4.79 Å². The fourth-order valence-corrected chi connectivity index (χ4v) is 2.98. The molecule has 0 saturated carbocycles. The lowest BCUT2D eigenvalue weighted by Gasteiger charge is -1.91. The minimum Gasteiger partial charge on any atom is -0.266 e. The Kier molecular flexibility index (Phi) is 2.97. The fraction of sp³-hybridized carbons (Fsp3) is 0. The summed E-state index contributed by atoms with van der Waals surface area (Å²) in [6.07, 6.45) is 8.54. The van der Waals surface area contributed by atoms with Crippen LogP contribution < -0.4 is 10.1 Å². The molecule has 0 spiro atoms. The molecule has 4 aromatic rings. The van der Waals surface area contributed by atoms with E-state index in [-0.39, 0.29) is 5.56 Å². The van der Waals surface area contributed by atoms with Crippen LogP contribution >= 0.6 is 11.3 Å². The Morgan fingerprint density at radius 3 is 2.36 bits per heavy atom. The van der Waals surface area contributed by atoms with Gasteiger partial charge in [0.15, 0.2) is 5.82 Å². The molecule has 4 aromatic heterocycles. The molecule has 0 unspecified atom stereocenters. The van der Waals surface area contributed by atoms with E-state index in [0.29, 0.717) is 15.3 Å². The highest BCUT2D eigenvalue weighted by Gasteiger charge is 2.11. The molecule has 0 bridgehead atoms. The second-order valence-electron chi connectivity index (χ2n) is 4.56. The minimum atomic E-state index is -0.162. The van der Waals surface area contributed by atoms with Crippen molar-refractivity contribution in [2.24, 2.45) is 0 Å². The van der Waals surface area contributed by atoms with E-state index in [0.717, 1.165) is 11.1 Å². The Morgan fingerprint density at radius 2 is 1.68 bits per heavy atom. The number of fused-ring (bicyclic) bond motifs is 1. The molecular formula is C15H9N5OS. The molecule has 0 N–H and O–H groups in total. The van der Waals surface area contributed by atoms with E-state index >= 15 is 0 Å². The maximum atomic E-state index is 12.4. The molecular weight excluding hydrogens is 298 g/mol. The molecule has 0 amide bonds. The minimum absolute atomic E-state index is 0.162. The number of hydrogen-bond acceptors (Lipinski definition) is 6. The zero-order chi connectivity index (χ0) is 14.9. The summed E-state index contributed by atoms with van der Waals surface area (Å²) < 4.78 is 1.94. The third kappa shape index (κ3) is 2.17. The van der Waals surface area contributed by atoms with Gasteiger partial charge >= 0.3 is 0 Å². The van der Waals surface area contributed by atoms with Gasteiger partial charge in [-0.25, -0.2) is 0 Å². The van der Waals surface area contributed by atoms with Crippen LogP contribution in [-0.2, 0) is 0 Å². The molecule has 0 aliphatic carbocycles. The molecule has 22 heavy (non-hydrogen) atoms. The fourth-order valence-electron chi connectivity index (χ4n) is 2.07. The van der Waals surface area contributed by atoms with Crippen LogP contribution in [0.25, 0.3) is 22.4 Å². The topological polar surface area (TPSA) is 73.0 Å². The van der Waals surface area contributed by atoms with Gasteiger partial charge in [-0.15, -0.1) is 5.10 Å². The van der Waals surface area contributed by atoms with Gasteiger partial charge in [-0.3, -0.25) is 14.8 Å². The lowest BCUT2D eigenvalue weighted by atomic mass is 10.2. The van der Waals surface area contributed by atoms with Crippen LogP contribution in [0.15, 0.2) is 53.8 Å². The normalized spacial score (nSPS) is 12.1. The van der Waals surface area contributed by atoms with Crippen LogP contribution in [0.4, 0.5) is 0 Å². The van der Waals surface area contributed by atoms with Crippen molar-refractivity contribution in [3.8, 4) is 11.4 Å². The average Bonchev–Trinajstić information content (AvgIpc) is 3.10. The molecule has 4 rings (SSSR count). The third-order valence-electron chi connectivity index (χ3n) is 3.12. The maximum Gasteiger partial charge on any atom is 0.291 e. The molecule has 0 aliphatic rings. The van der Waals surface area contributed by atoms with Gasteiger partial charge in [0.2, 0.25) is 4.96 Å². The molecule has 7 heteroatoms. The first-order valence-electron chi connectivity index (χ1n) is 6.53. The van der Waals surface area contributed by atoms with Crippen molar-refractivity contribution in [2.45, 2.75) is 0 Å². The van der Waals surface area contributed by atoms with Crippen molar-refractivity contribution in [2.75, 3.05) is 0 Å². The molecule has 0 aromatic carbocycles. The van der Waals surface area contributed by atoms with Gasteiger partial charge in [0, 0.05) is 30.4 Å². The average molecular weight is 307 g/mol. The number of pyridine rings is 2. The first kappa shape index (κ1) is 12.8. The van der Waals surface area contributed by atoms with Crippen molar-refractivity contribution in [1.29, 1.82) is 0 Å². The SMILES string of the molecule is O=c1c(=Cc2ccncc2)sc2nc(-c3ccncc3)nn12. The second-order valence-corrected chi connectivity index (χ2v) is 5.57. The highest BCUT2D eigenvalue weighted by atomic mass is 32.1. The van der Waals surface area contributed by atoms with Crippen molar-refractivity contribution in [1.82, 2.24) is 24.6 Å². The van der Waals surface area contributed by atoms with Gasteiger partial charge in [0.1, 0.15) is 0 Å². The summed E-state index contributed by atoms with van der Waals surface area (Å²) in [5, 5.41) is 4.29. The predicted octanol–water partition coefficient (Wildman–Crippen LogP) is 1.16. The molecule has 0 atom stereocenters. The summed E-state index contributed by atoms with van der Waals surface area (Å²) in [4.78, 5) is 25.3. The predicted molar refractivity (Wildman–Crippen MR) is 83.4 cm³/mol. The molecule has 106 valence electrons. The summed E-state index contributed by atoms with van der Waals surface area (Å²) in [7, 11) is 0. The first-order valence-corrected chi connectivity index (χ1v) is 7.35. The molecule has 0 radical (unpaired) electrons. The zero-order valence-electron chi connectivity index (χ0n) is 11.2. The lowest BCUT2D eigenvalue weighted by molar-refractivity contribution is 0.936. The van der Waals surface area contributed by atoms with E-state index in [4.69, 9.17) is 0 Å². The monoisotopic (exact) mass is 307 g/mol. The number of aromatic nitrogens is 5. The third-order valence-corrected chi connectivity index (χ3v) is 4.08. The van der Waals surface area contributed by atoms with Gasteiger partial charge in [-0.2, -0.15) is 9.50 Å². The van der Waals surface area contributed by atoms with E-state index in [1.54, 1.807) is 24.8 Å². The Labute approximate surface area is 128 Å². The molecule has 0 aliphatic heterocycles. The van der Waals surface area contributed by atoms with E-state index in [1.165, 1.54) is 15.9 Å². The highest BCUT2D eigenvalue weighted by molar-refractivity contribution is 7.15. The van der Waals surface area contributed by atoms with E-state index in [1.807, 2.05) is 30.3 Å². The van der Waals surface area contributed by atoms with Crippen LogP contribution in [0.3, 0.4) is 0 Å². The Bertz CT molecular complexity index is 1040. The summed E-state index contributed by atoms with van der Waals surface area (Å²) in [6, 6.07) is 7.32. The van der Waals surface area contributed by atoms with Crippen LogP contribution in [0, 0.1) is 0 Å². The van der Waals surface area contributed by atoms with Gasteiger partial charge in [-0.1, -0.05) is 11.3 Å². The highest BCUT2D eigenvalue weighted by Crippen LogP contribution is 2.14. The van der Waals surface area contributed by atoms with Crippen LogP contribution in [0.2, 0.25) is 0 Å². The van der Waals surface area contributed by atoms with Crippen molar-refractivity contribution in [3.63, 3.8) is 0 Å². The van der Waals surface area contributed by atoms with Crippen LogP contribution in [-0.4, -0.2) is 24.6 Å². The lowest BCUT2D eigenvalue weighted by Crippen LogP contribution is -2.23. The van der Waals surface area contributed by atoms with Gasteiger partial charge in [-0.05, 0) is 35.9 Å². The summed E-state index contributed by atoms with van der Waals surface area (Å²) in [5.41, 5.74) is 1.60. The number of thiazole rings is 1. The van der Waals surface area contributed by atoms with Crippen LogP contribution in [0.5, 0.6) is 0 Å². The molecule has 0 saturated heterocycles. The number of hydrogen-bond donors (Lipinski definition) is 0. The standard InChI is InChI=1S/C15H9N5OS/c21-14-12(9-10-1-5-16-6-2-10)22-15-18-13(19-20(14)15)11-3-7-17-8-4-11/h1-9H. The smallest absolute Gasteiger partial charge is 0.266 e. The van der Waals surface area contributed by atoms with E-state index in [2.05, 4.69) is 20.1 Å². The summed E-state index contributed by atoms with van der Waals surface area (Å²) in [5.74, 6) is 0.529. The first-order chi connectivity index (χ1) is 10.8. The van der Waals surface area contributed by atoms with Crippen LogP contribution in [0.1, 0.15) is 5.56 Å². The molecule has 4 heterocycles. The Morgan fingerprint density at radius 1 is 1.00 bits per heavy atom. The van der Waals surface area contributed by atoms with Crippen molar-refractivity contribution in [3.05, 3.63) is 69.5 Å². The van der Waals surface area contributed by atoms with Gasteiger partial charge in [0.05, 0.1) is 4.53 Å². The van der Waals surface area contributed by atoms with Gasteiger partial charge in [0.25, 0.3) is 5.56 Å². The Balaban J connectivity index is 1.85. The van der Waals surface area contributed by atoms with E-state index < -0.39 is 0 Å². The second kappa shape index (κ2) is 5.12. The molecule has 0 fully saturated rings. The largest absolute Gasteiger partial charge is 0.291 e. The number of rotatable bonds is 2. The van der Waals surface area contributed by atoms with Crippen molar-refractivity contribution < 1.29 is 0 Å². The quantitative estimate of drug-likeness (QED) is 0.555. The zero-order valence-corrected chi connectivity index (χ0v) is 12.1. The maximum absolute atomic E-state index is 12.4. The summed E-state index contributed by atoms with van der Waals surface area (Å²) >= 11 is 1.32. The molecule has 6 nitrogen and oxygen atoms in total. The summed E-state index contributed by atoms with van der Waals surface area (Å²) in [6.45, 7) is 0. The van der Waals surface area contributed by atoms with Gasteiger partial charge < -0.3 is 0 Å². The van der Waals surface area contributed by atoms with Crippen molar-refractivity contribution >= 4 is 22.4 Å². The Hall–Kier alpha value is -2.93. The number of nitrogens with zero attached hydrogens (tertiary/aromatic N) is 5.